The molecule has 15 heavy (non-hydrogen) atoms. The van der Waals surface area contributed by atoms with Crippen LogP contribution in [0.15, 0.2) is 0 Å². The Bertz CT molecular complexity index is 315. The number of methoxy groups -OCH3 is 1. The molecule has 1 heterocycles. The largest absolute Gasteiger partial charge is 0.383 e. The summed E-state index contributed by atoms with van der Waals surface area (Å²) in [5, 5.41) is 14.8. The maximum absolute atomic E-state index is 11.2. The van der Waals surface area contributed by atoms with Gasteiger partial charge in [0.05, 0.1) is 13.2 Å². The van der Waals surface area contributed by atoms with Gasteiger partial charge in [-0.05, 0) is 6.92 Å². The lowest BCUT2D eigenvalue weighted by Crippen LogP contribution is -2.32. The van der Waals surface area contributed by atoms with Gasteiger partial charge in [0.15, 0.2) is 0 Å². The summed E-state index contributed by atoms with van der Waals surface area (Å²) >= 11 is 1.42. The summed E-state index contributed by atoms with van der Waals surface area (Å²) in [4.78, 5) is 11.2. The number of carbonyl (C=O) groups is 1. The number of hydrogen-bond donors (Lipinski definition) is 2. The number of anilines is 1. The van der Waals surface area contributed by atoms with E-state index in [0.717, 1.165) is 5.01 Å². The monoisotopic (exact) mass is 230 g/mol. The van der Waals surface area contributed by atoms with E-state index in [0.29, 0.717) is 18.3 Å². The number of hydrogen-bond acceptors (Lipinski definition) is 6. The normalized spacial score (nSPS) is 10.0. The van der Waals surface area contributed by atoms with Gasteiger partial charge in [0, 0.05) is 13.7 Å². The second-order valence-corrected chi connectivity index (χ2v) is 4.00. The first kappa shape index (κ1) is 11.9. The third kappa shape index (κ3) is 4.71. The molecule has 0 radical (unpaired) electrons. The summed E-state index contributed by atoms with van der Waals surface area (Å²) in [5.74, 6) is -0.0834. The van der Waals surface area contributed by atoms with Gasteiger partial charge in [0.2, 0.25) is 11.0 Å². The Morgan fingerprint density at radius 1 is 1.53 bits per heavy atom. The Morgan fingerprint density at radius 2 is 2.33 bits per heavy atom. The van der Waals surface area contributed by atoms with Gasteiger partial charge in [-0.3, -0.25) is 4.79 Å². The van der Waals surface area contributed by atoms with E-state index in [4.69, 9.17) is 4.74 Å². The average Bonchev–Trinajstić information content (AvgIpc) is 2.62. The lowest BCUT2D eigenvalue weighted by molar-refractivity contribution is -0.119. The average molecular weight is 230 g/mol. The van der Waals surface area contributed by atoms with Crippen LogP contribution in [0, 0.1) is 6.92 Å². The van der Waals surface area contributed by atoms with Gasteiger partial charge >= 0.3 is 0 Å². The van der Waals surface area contributed by atoms with Crippen LogP contribution in [0.4, 0.5) is 5.13 Å². The summed E-state index contributed by atoms with van der Waals surface area (Å²) in [6, 6.07) is 0. The van der Waals surface area contributed by atoms with Gasteiger partial charge in [-0.25, -0.2) is 0 Å². The second kappa shape index (κ2) is 6.31. The Kier molecular flexibility index (Phi) is 4.99. The number of aromatic nitrogens is 2. The van der Waals surface area contributed by atoms with E-state index >= 15 is 0 Å². The van der Waals surface area contributed by atoms with Crippen LogP contribution in [0.1, 0.15) is 5.01 Å². The molecule has 0 atom stereocenters. The Balaban J connectivity index is 2.16. The van der Waals surface area contributed by atoms with Crippen LogP contribution < -0.4 is 10.6 Å². The van der Waals surface area contributed by atoms with Gasteiger partial charge in [-0.1, -0.05) is 11.3 Å². The van der Waals surface area contributed by atoms with Crippen molar-refractivity contribution in [2.45, 2.75) is 6.92 Å². The predicted octanol–water partition coefficient (Wildman–Crippen LogP) is 0.0210. The highest BCUT2D eigenvalue weighted by Gasteiger charge is 2.03. The quantitative estimate of drug-likeness (QED) is 0.674. The van der Waals surface area contributed by atoms with Crippen LogP contribution >= 0.6 is 11.3 Å². The highest BCUT2D eigenvalue weighted by Crippen LogP contribution is 2.12. The van der Waals surface area contributed by atoms with Crippen LogP contribution in [0.3, 0.4) is 0 Å². The van der Waals surface area contributed by atoms with Crippen LogP contribution in [-0.4, -0.2) is 42.9 Å². The first-order valence-corrected chi connectivity index (χ1v) is 5.33. The lowest BCUT2D eigenvalue weighted by Gasteiger charge is -2.04. The van der Waals surface area contributed by atoms with E-state index in [9.17, 15) is 4.79 Å². The summed E-state index contributed by atoms with van der Waals surface area (Å²) in [6.07, 6.45) is 0. The molecular weight excluding hydrogens is 216 g/mol. The number of nitrogens with zero attached hydrogens (tertiary/aromatic N) is 2. The summed E-state index contributed by atoms with van der Waals surface area (Å²) in [7, 11) is 1.59. The summed E-state index contributed by atoms with van der Waals surface area (Å²) in [6.45, 7) is 3.11. The predicted molar refractivity (Wildman–Crippen MR) is 58.0 cm³/mol. The van der Waals surface area contributed by atoms with Gasteiger partial charge in [-0.2, -0.15) is 0 Å². The van der Waals surface area contributed by atoms with Gasteiger partial charge in [0.25, 0.3) is 0 Å². The molecular formula is C8H14N4O2S. The van der Waals surface area contributed by atoms with Crippen molar-refractivity contribution < 1.29 is 9.53 Å². The van der Waals surface area contributed by atoms with Crippen molar-refractivity contribution in [1.82, 2.24) is 15.5 Å². The molecule has 0 aromatic carbocycles. The molecule has 0 saturated heterocycles. The van der Waals surface area contributed by atoms with Crippen LogP contribution in [0.2, 0.25) is 0 Å². The molecule has 1 aromatic rings. The van der Waals surface area contributed by atoms with Crippen LogP contribution in [-0.2, 0) is 9.53 Å². The third-order valence-electron chi connectivity index (χ3n) is 1.55. The van der Waals surface area contributed by atoms with Crippen LogP contribution in [0.25, 0.3) is 0 Å². The Labute approximate surface area is 92.0 Å². The molecule has 1 rings (SSSR count). The number of amides is 1. The van der Waals surface area contributed by atoms with Crippen molar-refractivity contribution in [2.75, 3.05) is 32.1 Å². The number of ether oxygens (including phenoxy) is 1. The number of nitrogens with one attached hydrogen (secondary N) is 2. The Morgan fingerprint density at radius 3 is 2.93 bits per heavy atom. The minimum Gasteiger partial charge on any atom is -0.383 e. The molecule has 7 heteroatoms. The summed E-state index contributed by atoms with van der Waals surface area (Å²) < 4.78 is 4.80. The first-order valence-electron chi connectivity index (χ1n) is 4.52. The smallest absolute Gasteiger partial charge is 0.239 e. The molecule has 0 fully saturated rings. The fraction of sp³-hybridized carbons (Fsp3) is 0.625. The molecule has 0 aliphatic heterocycles. The molecule has 0 spiro atoms. The van der Waals surface area contributed by atoms with E-state index < -0.39 is 0 Å². The zero-order valence-corrected chi connectivity index (χ0v) is 9.56. The first-order chi connectivity index (χ1) is 7.22. The van der Waals surface area contributed by atoms with Gasteiger partial charge in [0.1, 0.15) is 5.01 Å². The van der Waals surface area contributed by atoms with E-state index in [1.54, 1.807) is 7.11 Å². The number of carbonyl (C=O) groups excluding carboxylic acids is 1. The molecule has 0 aliphatic rings. The fourth-order valence-corrected chi connectivity index (χ4v) is 1.47. The number of aryl methyl sites for hydroxylation is 1. The molecule has 6 nitrogen and oxygen atoms in total. The second-order valence-electron chi connectivity index (χ2n) is 2.82. The van der Waals surface area contributed by atoms with Crippen molar-refractivity contribution in [3.63, 3.8) is 0 Å². The molecule has 0 bridgehead atoms. The Hall–Kier alpha value is -1.21. The van der Waals surface area contributed by atoms with E-state index in [2.05, 4.69) is 20.8 Å². The van der Waals surface area contributed by atoms with Gasteiger partial charge in [-0.15, -0.1) is 10.2 Å². The molecule has 1 amide bonds. The highest BCUT2D eigenvalue weighted by molar-refractivity contribution is 7.15. The minimum atomic E-state index is -0.0834. The van der Waals surface area contributed by atoms with Gasteiger partial charge < -0.3 is 15.4 Å². The fourth-order valence-electron chi connectivity index (χ4n) is 0.879. The molecule has 2 N–H and O–H groups in total. The molecule has 0 saturated carbocycles. The minimum absolute atomic E-state index is 0.0834. The molecule has 0 aliphatic carbocycles. The standard InChI is InChI=1S/C8H14N4O2S/c1-6-11-12-8(15-6)10-5-7(13)9-3-4-14-2/h3-5H2,1-2H3,(H,9,13)(H,10,12). The van der Waals surface area contributed by atoms with Crippen molar-refractivity contribution in [3.8, 4) is 0 Å². The van der Waals surface area contributed by atoms with Crippen molar-refractivity contribution >= 4 is 22.4 Å². The highest BCUT2D eigenvalue weighted by atomic mass is 32.1. The third-order valence-corrected chi connectivity index (χ3v) is 2.35. The number of rotatable bonds is 6. The van der Waals surface area contributed by atoms with E-state index in [1.165, 1.54) is 11.3 Å². The SMILES string of the molecule is COCCNC(=O)CNc1nnc(C)s1. The molecule has 0 unspecified atom stereocenters. The lowest BCUT2D eigenvalue weighted by atomic mass is 10.5. The zero-order chi connectivity index (χ0) is 11.1. The maximum Gasteiger partial charge on any atom is 0.239 e. The molecule has 84 valence electrons. The summed E-state index contributed by atoms with van der Waals surface area (Å²) in [5.41, 5.74) is 0. The van der Waals surface area contributed by atoms with E-state index in [1.807, 2.05) is 6.92 Å². The molecule has 1 aromatic heterocycles. The topological polar surface area (TPSA) is 76.1 Å². The van der Waals surface area contributed by atoms with Crippen molar-refractivity contribution in [1.29, 1.82) is 0 Å². The van der Waals surface area contributed by atoms with E-state index in [-0.39, 0.29) is 12.5 Å². The zero-order valence-electron chi connectivity index (χ0n) is 8.74. The van der Waals surface area contributed by atoms with Crippen LogP contribution in [0.5, 0.6) is 0 Å². The van der Waals surface area contributed by atoms with Crippen molar-refractivity contribution in [3.05, 3.63) is 5.01 Å². The maximum atomic E-state index is 11.2. The van der Waals surface area contributed by atoms with Crippen molar-refractivity contribution in [2.24, 2.45) is 0 Å².